The third-order valence-corrected chi connectivity index (χ3v) is 15.7. The molecule has 0 aliphatic rings. The summed E-state index contributed by atoms with van der Waals surface area (Å²) in [7, 11) is -8.45. The van der Waals surface area contributed by atoms with Gasteiger partial charge in [-0.25, -0.2) is 43.6 Å². The standard InChI is InChI=1S/2C24H30N6O6S2/c1-6-37(31,32)14-12-27-23-19(16-25)17(3)22(24(28-23)26-11-8-13-35-4)30-29-20-15-18(38(33,34)7-2)9-10-21(20)36-5;1-6-37(31,32)14-12-27-24-22(17(3)19(16-25)23(28-24)26-11-8-13-35-4)30-29-20-15-18(38(33,34)7-2)9-10-21(20)36-5/h2*6-7,9-10,15H,1-2,8,11-14H2,3-5H3,(H2,26,27,28). The van der Waals surface area contributed by atoms with Crippen molar-refractivity contribution in [3.8, 4) is 23.6 Å². The lowest BCUT2D eigenvalue weighted by Crippen LogP contribution is -2.16. The largest absolute Gasteiger partial charge is 0.494 e. The molecule has 0 unspecified atom stereocenters. The fraction of sp³-hybridized carbons (Fsp3) is 0.333. The number of nitriles is 2. The number of hydrogen-bond donors (Lipinski definition) is 4. The second-order valence-corrected chi connectivity index (χ2v) is 23.4. The summed E-state index contributed by atoms with van der Waals surface area (Å²) >= 11 is 0. The van der Waals surface area contributed by atoms with Crippen LogP contribution in [0.15, 0.2) is 115 Å². The maximum atomic E-state index is 12.2. The average molecular weight is 1130 g/mol. The molecule has 0 aliphatic heterocycles. The van der Waals surface area contributed by atoms with Crippen LogP contribution in [0.1, 0.15) is 35.1 Å². The molecule has 0 aliphatic carbocycles. The van der Waals surface area contributed by atoms with E-state index in [0.717, 1.165) is 21.6 Å². The first-order chi connectivity index (χ1) is 36.1. The Hall–Kier alpha value is -7.60. The minimum Gasteiger partial charge on any atom is -0.494 e. The topological polar surface area (TPSA) is 344 Å². The van der Waals surface area contributed by atoms with Crippen LogP contribution in [-0.2, 0) is 48.8 Å². The minimum absolute atomic E-state index is 0.00121. The molecule has 0 saturated heterocycles. The first-order valence-corrected chi connectivity index (χ1v) is 29.1. The van der Waals surface area contributed by atoms with Gasteiger partial charge in [-0.3, -0.25) is 0 Å². The van der Waals surface area contributed by atoms with Gasteiger partial charge in [-0.1, -0.05) is 26.3 Å². The fourth-order valence-electron chi connectivity index (χ4n) is 6.30. The highest BCUT2D eigenvalue weighted by Gasteiger charge is 2.21. The van der Waals surface area contributed by atoms with Crippen LogP contribution in [0.3, 0.4) is 0 Å². The Labute approximate surface area is 444 Å². The molecule has 4 N–H and O–H groups in total. The summed E-state index contributed by atoms with van der Waals surface area (Å²) in [4.78, 5) is 8.85. The first kappa shape index (κ1) is 62.7. The highest BCUT2D eigenvalue weighted by Crippen LogP contribution is 2.39. The molecule has 408 valence electrons. The van der Waals surface area contributed by atoms with Crippen molar-refractivity contribution in [1.29, 1.82) is 10.5 Å². The summed E-state index contributed by atoms with van der Waals surface area (Å²) < 4.78 is 117. The summed E-state index contributed by atoms with van der Waals surface area (Å²) in [5.41, 5.74) is 1.85. The molecule has 2 aromatic heterocycles. The van der Waals surface area contributed by atoms with Crippen molar-refractivity contribution < 1.29 is 52.6 Å². The maximum Gasteiger partial charge on any atom is 0.199 e. The molecule has 4 aromatic rings. The maximum absolute atomic E-state index is 12.2. The second-order valence-electron chi connectivity index (χ2n) is 15.5. The van der Waals surface area contributed by atoms with Crippen LogP contribution in [0.25, 0.3) is 0 Å². The van der Waals surface area contributed by atoms with Crippen molar-refractivity contribution in [2.75, 3.05) is 101 Å². The number of methoxy groups -OCH3 is 4. The number of hydrogen-bond acceptors (Lipinski definition) is 24. The summed E-state index contributed by atoms with van der Waals surface area (Å²) in [6, 6.07) is 12.4. The number of nitrogens with zero attached hydrogens (tertiary/aromatic N) is 8. The van der Waals surface area contributed by atoms with E-state index in [9.17, 15) is 44.2 Å². The SMILES string of the molecule is C=CS(=O)(=O)CCNc1nc(NCCCOC)c(C#N)c(C)c1N=Nc1cc(S(=O)(=O)C=C)ccc1OC.C=CS(=O)(=O)CCNc1nc(NCCCOC)c(N=Nc2cc(S(=O)(=O)C=C)ccc2OC)c(C)c1C#N. The van der Waals surface area contributed by atoms with Gasteiger partial charge in [0, 0.05) is 86.4 Å². The predicted molar refractivity (Wildman–Crippen MR) is 291 cm³/mol. The van der Waals surface area contributed by atoms with Gasteiger partial charge in [0.25, 0.3) is 0 Å². The Balaban J connectivity index is 0.000000400. The van der Waals surface area contributed by atoms with Gasteiger partial charge in [-0.2, -0.15) is 10.5 Å². The molecule has 28 heteroatoms. The number of rotatable bonds is 30. The zero-order chi connectivity index (χ0) is 56.7. The van der Waals surface area contributed by atoms with Crippen LogP contribution < -0.4 is 30.7 Å². The highest BCUT2D eigenvalue weighted by molar-refractivity contribution is 7.95. The van der Waals surface area contributed by atoms with Crippen LogP contribution in [0.2, 0.25) is 0 Å². The highest BCUT2D eigenvalue weighted by atomic mass is 32.2. The summed E-state index contributed by atoms with van der Waals surface area (Å²) in [6.07, 6.45) is 1.30. The van der Waals surface area contributed by atoms with E-state index in [1.54, 1.807) is 28.1 Å². The Kier molecular flexibility index (Phi) is 24.3. The van der Waals surface area contributed by atoms with Crippen LogP contribution in [0.4, 0.5) is 46.0 Å². The van der Waals surface area contributed by atoms with Crippen molar-refractivity contribution in [3.63, 3.8) is 0 Å². The third-order valence-electron chi connectivity index (χ3n) is 10.5. The molecule has 0 atom stereocenters. The Bertz CT molecular complexity index is 3370. The van der Waals surface area contributed by atoms with Crippen LogP contribution in [0, 0.1) is 36.5 Å². The van der Waals surface area contributed by atoms with Gasteiger partial charge in [-0.15, -0.1) is 20.5 Å². The fourth-order valence-corrected chi connectivity index (χ4v) is 8.85. The van der Waals surface area contributed by atoms with Crippen molar-refractivity contribution in [1.82, 2.24) is 9.97 Å². The number of benzene rings is 2. The van der Waals surface area contributed by atoms with Gasteiger partial charge in [0.1, 0.15) is 58.0 Å². The van der Waals surface area contributed by atoms with E-state index in [-0.39, 0.29) is 103 Å². The van der Waals surface area contributed by atoms with E-state index in [1.165, 1.54) is 50.6 Å². The van der Waals surface area contributed by atoms with Gasteiger partial charge < -0.3 is 40.2 Å². The van der Waals surface area contributed by atoms with Gasteiger partial charge in [-0.05, 0) is 63.1 Å². The summed E-state index contributed by atoms with van der Waals surface area (Å²) in [5, 5.41) is 52.0. The van der Waals surface area contributed by atoms with E-state index in [2.05, 4.69) is 90.1 Å². The lowest BCUT2D eigenvalue weighted by molar-refractivity contribution is 0.197. The Morgan fingerprint density at radius 3 is 1.22 bits per heavy atom. The number of anilines is 4. The molecule has 76 heavy (non-hydrogen) atoms. The monoisotopic (exact) mass is 1120 g/mol. The molecule has 0 amide bonds. The third kappa shape index (κ3) is 17.8. The molecule has 0 radical (unpaired) electrons. The molecule has 0 fully saturated rings. The molecule has 2 heterocycles. The van der Waals surface area contributed by atoms with Crippen LogP contribution in [-0.4, -0.2) is 123 Å². The van der Waals surface area contributed by atoms with E-state index >= 15 is 0 Å². The number of pyridine rings is 2. The first-order valence-electron chi connectivity index (χ1n) is 22.5. The van der Waals surface area contributed by atoms with Crippen molar-refractivity contribution >= 4 is 85.4 Å². The quantitative estimate of drug-likeness (QED) is 0.0283. The average Bonchev–Trinajstić information content (AvgIpc) is 3.40. The van der Waals surface area contributed by atoms with E-state index in [0.29, 0.717) is 50.3 Å². The van der Waals surface area contributed by atoms with Crippen molar-refractivity contribution in [2.24, 2.45) is 20.5 Å². The molecule has 4 rings (SSSR count). The zero-order valence-corrected chi connectivity index (χ0v) is 46.0. The number of ether oxygens (including phenoxy) is 4. The van der Waals surface area contributed by atoms with Crippen molar-refractivity contribution in [3.05, 3.63) is 107 Å². The number of aromatic nitrogens is 2. The predicted octanol–water partition coefficient (Wildman–Crippen LogP) is 8.04. The van der Waals surface area contributed by atoms with E-state index < -0.39 is 39.3 Å². The van der Waals surface area contributed by atoms with Gasteiger partial charge in [0.2, 0.25) is 0 Å². The van der Waals surface area contributed by atoms with Gasteiger partial charge in [0.15, 0.2) is 51.0 Å². The molecule has 24 nitrogen and oxygen atoms in total. The molecule has 0 saturated carbocycles. The number of sulfone groups is 4. The van der Waals surface area contributed by atoms with Crippen LogP contribution >= 0.6 is 0 Å². The summed E-state index contributed by atoms with van der Waals surface area (Å²) in [5.74, 6) is 0.964. The Morgan fingerprint density at radius 2 is 0.895 bits per heavy atom. The normalized spacial score (nSPS) is 11.6. The molecular formula is C48H60N12O12S4. The lowest BCUT2D eigenvalue weighted by Gasteiger charge is -2.15. The number of azo groups is 2. The smallest absolute Gasteiger partial charge is 0.199 e. The number of nitrogens with one attached hydrogen (secondary N) is 4. The molecule has 2 aromatic carbocycles. The second kappa shape index (κ2) is 29.5. The molecule has 0 bridgehead atoms. The summed E-state index contributed by atoms with van der Waals surface area (Å²) in [6.45, 7) is 18.5. The van der Waals surface area contributed by atoms with Crippen LogP contribution in [0.5, 0.6) is 11.5 Å². The van der Waals surface area contributed by atoms with E-state index in [4.69, 9.17) is 18.9 Å². The van der Waals surface area contributed by atoms with Gasteiger partial charge in [0.05, 0.1) is 46.6 Å². The zero-order valence-electron chi connectivity index (χ0n) is 42.8. The van der Waals surface area contributed by atoms with Crippen molar-refractivity contribution in [2.45, 2.75) is 36.5 Å². The van der Waals surface area contributed by atoms with E-state index in [1.807, 2.05) is 0 Å². The lowest BCUT2D eigenvalue weighted by atomic mass is 10.1. The minimum atomic E-state index is -3.75. The Morgan fingerprint density at radius 1 is 0.539 bits per heavy atom. The molecule has 0 spiro atoms. The van der Waals surface area contributed by atoms with Gasteiger partial charge >= 0.3 is 0 Å². The molecular weight excluding hydrogens is 1060 g/mol.